The highest BCUT2D eigenvalue weighted by atomic mass is 79.9. The summed E-state index contributed by atoms with van der Waals surface area (Å²) in [5.74, 6) is -0.296. The molecule has 2 aromatic carbocycles. The van der Waals surface area contributed by atoms with Crippen LogP contribution in [-0.2, 0) is 14.8 Å². The smallest absolute Gasteiger partial charge is 0.308 e. The number of carboxylic acids is 1. The van der Waals surface area contributed by atoms with Gasteiger partial charge in [-0.2, -0.15) is 16.1 Å². The number of nitrogens with zero attached hydrogens (tertiary/aromatic N) is 1. The molecule has 2 aromatic rings. The second-order valence-electron chi connectivity index (χ2n) is 8.73. The van der Waals surface area contributed by atoms with Gasteiger partial charge in [0, 0.05) is 16.3 Å². The molecule has 1 aliphatic heterocycles. The molecule has 1 fully saturated rings. The van der Waals surface area contributed by atoms with Crippen LogP contribution in [-0.4, -0.2) is 41.3 Å². The van der Waals surface area contributed by atoms with E-state index in [4.69, 9.17) is 0 Å². The summed E-state index contributed by atoms with van der Waals surface area (Å²) in [6.07, 6.45) is 1.46. The topological polar surface area (TPSA) is 74.7 Å². The standard InChI is InChI=1S/C24H30BrNO4S2/c1-16(2)11-12-31-23-14-22(18-5-4-6-19(25)13-18)26(15-21(23)24(27)28)32(29,30)20-9-7-17(3)8-10-20/h4-10,13,16,21-23H,11-12,14-15H2,1-3H3,(H,27,28)/t21?,22?,23-/m1/s1. The number of aryl methyl sites for hydroxylation is 1. The van der Waals surface area contributed by atoms with E-state index in [1.165, 1.54) is 4.31 Å². The zero-order valence-corrected chi connectivity index (χ0v) is 21.8. The zero-order chi connectivity index (χ0) is 23.5. The molecule has 8 heteroatoms. The first-order valence-corrected chi connectivity index (χ1v) is 14.1. The molecule has 0 aromatic heterocycles. The Morgan fingerprint density at radius 3 is 2.50 bits per heavy atom. The van der Waals surface area contributed by atoms with Gasteiger partial charge in [0.25, 0.3) is 0 Å². The van der Waals surface area contributed by atoms with E-state index >= 15 is 0 Å². The number of hydrogen-bond acceptors (Lipinski definition) is 4. The Bertz CT molecular complexity index is 1040. The van der Waals surface area contributed by atoms with Gasteiger partial charge in [0.1, 0.15) is 0 Å². The number of carbonyl (C=O) groups is 1. The molecule has 5 nitrogen and oxygen atoms in total. The summed E-state index contributed by atoms with van der Waals surface area (Å²) in [6, 6.07) is 14.0. The maximum atomic E-state index is 13.7. The first kappa shape index (κ1) is 25.3. The molecule has 0 amide bonds. The highest BCUT2D eigenvalue weighted by Crippen LogP contribution is 2.43. The van der Waals surface area contributed by atoms with Crippen molar-refractivity contribution in [3.8, 4) is 0 Å². The van der Waals surface area contributed by atoms with Crippen LogP contribution in [0, 0.1) is 18.8 Å². The predicted octanol–water partition coefficient (Wildman–Crippen LogP) is 5.74. The van der Waals surface area contributed by atoms with E-state index in [0.29, 0.717) is 12.3 Å². The van der Waals surface area contributed by atoms with E-state index in [9.17, 15) is 18.3 Å². The molecule has 174 valence electrons. The minimum atomic E-state index is -3.87. The normalized spacial score (nSPS) is 22.2. The number of halogens is 1. The van der Waals surface area contributed by atoms with Gasteiger partial charge in [0.05, 0.1) is 16.9 Å². The zero-order valence-electron chi connectivity index (χ0n) is 18.6. The third-order valence-corrected chi connectivity index (χ3v) is 9.64. The van der Waals surface area contributed by atoms with E-state index in [-0.39, 0.29) is 16.7 Å². The van der Waals surface area contributed by atoms with Crippen LogP contribution in [0.1, 0.15) is 43.9 Å². The van der Waals surface area contributed by atoms with Gasteiger partial charge in [-0.25, -0.2) is 8.42 Å². The van der Waals surface area contributed by atoms with Crippen molar-refractivity contribution in [3.05, 3.63) is 64.1 Å². The van der Waals surface area contributed by atoms with Crippen LogP contribution in [0.5, 0.6) is 0 Å². The van der Waals surface area contributed by atoms with Crippen molar-refractivity contribution in [1.82, 2.24) is 4.31 Å². The summed E-state index contributed by atoms with van der Waals surface area (Å²) in [7, 11) is -3.87. The maximum Gasteiger partial charge on any atom is 0.308 e. The van der Waals surface area contributed by atoms with E-state index in [1.807, 2.05) is 31.2 Å². The van der Waals surface area contributed by atoms with E-state index in [1.54, 1.807) is 36.0 Å². The van der Waals surface area contributed by atoms with Gasteiger partial charge in [-0.15, -0.1) is 0 Å². The Labute approximate surface area is 203 Å². The molecule has 3 rings (SSSR count). The van der Waals surface area contributed by atoms with Crippen molar-refractivity contribution in [2.45, 2.75) is 49.8 Å². The Balaban J connectivity index is 2.01. The van der Waals surface area contributed by atoms with Crippen LogP contribution >= 0.6 is 27.7 Å². The second kappa shape index (κ2) is 10.7. The number of carboxylic acid groups (broad SMARTS) is 1. The lowest BCUT2D eigenvalue weighted by atomic mass is 9.90. The fraction of sp³-hybridized carbons (Fsp3) is 0.458. The summed E-state index contributed by atoms with van der Waals surface area (Å²) in [5, 5.41) is 9.81. The van der Waals surface area contributed by atoms with Crippen LogP contribution in [0.2, 0.25) is 0 Å². The van der Waals surface area contributed by atoms with Gasteiger partial charge in [0.15, 0.2) is 0 Å². The lowest BCUT2D eigenvalue weighted by Gasteiger charge is -2.42. The molecule has 0 radical (unpaired) electrons. The molecule has 3 atom stereocenters. The van der Waals surface area contributed by atoms with Gasteiger partial charge in [0.2, 0.25) is 10.0 Å². The third-order valence-electron chi connectivity index (χ3n) is 5.83. The number of sulfonamides is 1. The molecule has 1 N–H and O–H groups in total. The van der Waals surface area contributed by atoms with E-state index in [0.717, 1.165) is 27.8 Å². The third kappa shape index (κ3) is 5.95. The Morgan fingerprint density at radius 2 is 1.91 bits per heavy atom. The molecule has 32 heavy (non-hydrogen) atoms. The molecule has 0 saturated carbocycles. The predicted molar refractivity (Wildman–Crippen MR) is 133 cm³/mol. The molecule has 1 saturated heterocycles. The highest BCUT2D eigenvalue weighted by Gasteiger charge is 2.45. The Kier molecular flexibility index (Phi) is 8.47. The summed E-state index contributed by atoms with van der Waals surface area (Å²) in [4.78, 5) is 12.4. The van der Waals surface area contributed by atoms with Gasteiger partial charge >= 0.3 is 5.97 Å². The van der Waals surface area contributed by atoms with Crippen LogP contribution in [0.15, 0.2) is 57.9 Å². The van der Waals surface area contributed by atoms with Crippen LogP contribution < -0.4 is 0 Å². The Morgan fingerprint density at radius 1 is 1.22 bits per heavy atom. The lowest BCUT2D eigenvalue weighted by molar-refractivity contribution is -0.143. The van der Waals surface area contributed by atoms with Gasteiger partial charge in [-0.05, 0) is 61.3 Å². The highest BCUT2D eigenvalue weighted by molar-refractivity contribution is 9.10. The molecular formula is C24H30BrNO4S2. The van der Waals surface area contributed by atoms with Crippen molar-refractivity contribution < 1.29 is 18.3 Å². The van der Waals surface area contributed by atoms with Crippen molar-refractivity contribution in [3.63, 3.8) is 0 Å². The van der Waals surface area contributed by atoms with Crippen molar-refractivity contribution >= 4 is 43.7 Å². The molecular weight excluding hydrogens is 510 g/mol. The van der Waals surface area contributed by atoms with E-state index < -0.39 is 28.0 Å². The quantitative estimate of drug-likeness (QED) is 0.462. The second-order valence-corrected chi connectivity index (χ2v) is 12.9. The summed E-state index contributed by atoms with van der Waals surface area (Å²) in [5.41, 5.74) is 1.84. The molecule has 2 unspecified atom stereocenters. The van der Waals surface area contributed by atoms with Crippen molar-refractivity contribution in [2.75, 3.05) is 12.3 Å². The molecule has 0 aliphatic carbocycles. The van der Waals surface area contributed by atoms with Crippen molar-refractivity contribution in [2.24, 2.45) is 11.8 Å². The molecule has 0 spiro atoms. The summed E-state index contributed by atoms with van der Waals surface area (Å²) < 4.78 is 29.6. The average Bonchev–Trinajstić information content (AvgIpc) is 2.73. The first-order chi connectivity index (χ1) is 15.1. The fourth-order valence-corrected chi connectivity index (χ4v) is 7.68. The number of benzene rings is 2. The minimum Gasteiger partial charge on any atom is -0.481 e. The monoisotopic (exact) mass is 539 g/mol. The SMILES string of the molecule is Cc1ccc(S(=O)(=O)N2CC(C(=O)O)[C@H](SCCC(C)C)CC2c2cccc(Br)c2)cc1. The fourth-order valence-electron chi connectivity index (χ4n) is 3.94. The van der Waals surface area contributed by atoms with E-state index in [2.05, 4.69) is 29.8 Å². The molecule has 0 bridgehead atoms. The first-order valence-electron chi connectivity index (χ1n) is 10.8. The number of piperidine rings is 1. The summed E-state index contributed by atoms with van der Waals surface area (Å²) >= 11 is 5.15. The number of rotatable bonds is 8. The Hall–Kier alpha value is -1.35. The van der Waals surface area contributed by atoms with Crippen LogP contribution in [0.25, 0.3) is 0 Å². The van der Waals surface area contributed by atoms with Gasteiger partial charge in [-0.3, -0.25) is 4.79 Å². The molecule has 1 aliphatic rings. The number of hydrogen-bond donors (Lipinski definition) is 1. The van der Waals surface area contributed by atoms with Crippen molar-refractivity contribution in [1.29, 1.82) is 0 Å². The summed E-state index contributed by atoms with van der Waals surface area (Å²) in [6.45, 7) is 6.16. The minimum absolute atomic E-state index is 0.0396. The number of thioether (sulfide) groups is 1. The number of aliphatic carboxylic acids is 1. The van der Waals surface area contributed by atoms with Gasteiger partial charge < -0.3 is 5.11 Å². The molecule has 1 heterocycles. The largest absolute Gasteiger partial charge is 0.481 e. The van der Waals surface area contributed by atoms with Gasteiger partial charge in [-0.1, -0.05) is 59.6 Å². The average molecular weight is 541 g/mol. The van der Waals surface area contributed by atoms with Crippen LogP contribution in [0.4, 0.5) is 0 Å². The lowest BCUT2D eigenvalue weighted by Crippen LogP contribution is -2.49. The maximum absolute atomic E-state index is 13.7. The van der Waals surface area contributed by atoms with Crippen LogP contribution in [0.3, 0.4) is 0 Å².